The summed E-state index contributed by atoms with van der Waals surface area (Å²) < 4.78 is 11.0. The van der Waals surface area contributed by atoms with E-state index in [0.29, 0.717) is 0 Å². The molecule has 0 unspecified atom stereocenters. The van der Waals surface area contributed by atoms with Gasteiger partial charge in [0.25, 0.3) is 0 Å². The van der Waals surface area contributed by atoms with Gasteiger partial charge in [0.2, 0.25) is 0 Å². The highest BCUT2D eigenvalue weighted by molar-refractivity contribution is 5.69. The molecule has 0 bridgehead atoms. The van der Waals surface area contributed by atoms with Crippen LogP contribution >= 0.6 is 0 Å². The molecule has 3 aliphatic heterocycles. The van der Waals surface area contributed by atoms with Crippen molar-refractivity contribution in [3.8, 4) is 0 Å². The van der Waals surface area contributed by atoms with Crippen LogP contribution < -0.4 is 5.32 Å². The fourth-order valence-electron chi connectivity index (χ4n) is 4.60. The number of hydrogen-bond donors (Lipinski definition) is 1. The highest BCUT2D eigenvalue weighted by Gasteiger charge is 2.17. The van der Waals surface area contributed by atoms with E-state index in [1.54, 1.807) is 0 Å². The molecule has 0 aliphatic carbocycles. The zero-order chi connectivity index (χ0) is 19.5. The number of ether oxygens (including phenoxy) is 2. The van der Waals surface area contributed by atoms with E-state index in [1.807, 2.05) is 0 Å². The number of nitrogens with one attached hydrogen (secondary N) is 1. The topological polar surface area (TPSA) is 37.0 Å². The third kappa shape index (κ3) is 4.64. The Balaban J connectivity index is 1.28. The summed E-state index contributed by atoms with van der Waals surface area (Å²) in [5, 5.41) is 3.70. The van der Waals surface area contributed by atoms with Crippen LogP contribution in [0.5, 0.6) is 0 Å². The van der Waals surface area contributed by atoms with Crippen LogP contribution in [0.2, 0.25) is 0 Å². The highest BCUT2D eigenvalue weighted by Crippen LogP contribution is 2.31. The zero-order valence-corrected chi connectivity index (χ0v) is 17.2. The van der Waals surface area contributed by atoms with E-state index in [0.717, 1.165) is 78.5 Å². The maximum Gasteiger partial charge on any atom is 0.0594 e. The number of aryl methyl sites for hydroxylation is 2. The number of hydrogen-bond acceptors (Lipinski definition) is 5. The number of benzene rings is 2. The van der Waals surface area contributed by atoms with Gasteiger partial charge in [-0.3, -0.25) is 9.80 Å². The van der Waals surface area contributed by atoms with Gasteiger partial charge in [0.15, 0.2) is 0 Å². The molecular formula is C24H31N3O2. The number of morpholine rings is 2. The van der Waals surface area contributed by atoms with Gasteiger partial charge in [-0.1, -0.05) is 24.3 Å². The molecule has 2 aromatic rings. The quantitative estimate of drug-likeness (QED) is 0.863. The number of rotatable bonds is 4. The molecule has 5 heteroatoms. The third-order valence-corrected chi connectivity index (χ3v) is 6.29. The van der Waals surface area contributed by atoms with Crippen molar-refractivity contribution in [3.05, 3.63) is 58.7 Å². The molecule has 0 saturated carbocycles. The third-order valence-electron chi connectivity index (χ3n) is 6.29. The Morgan fingerprint density at radius 2 is 1.10 bits per heavy atom. The van der Waals surface area contributed by atoms with Crippen molar-refractivity contribution in [2.75, 3.05) is 57.9 Å². The maximum absolute atomic E-state index is 5.48. The summed E-state index contributed by atoms with van der Waals surface area (Å²) in [5.74, 6) is 0. The summed E-state index contributed by atoms with van der Waals surface area (Å²) in [5.41, 5.74) is 8.20. The minimum Gasteiger partial charge on any atom is -0.379 e. The summed E-state index contributed by atoms with van der Waals surface area (Å²) >= 11 is 0. The first-order valence-corrected chi connectivity index (χ1v) is 10.9. The van der Waals surface area contributed by atoms with Gasteiger partial charge in [0.05, 0.1) is 26.4 Å². The Bertz CT molecular complexity index is 773. The second-order valence-corrected chi connectivity index (χ2v) is 8.39. The molecule has 0 spiro atoms. The second-order valence-electron chi connectivity index (χ2n) is 8.39. The molecule has 0 aromatic heterocycles. The highest BCUT2D eigenvalue weighted by atomic mass is 16.5. The number of nitrogens with zero attached hydrogens (tertiary/aromatic N) is 2. The van der Waals surface area contributed by atoms with Gasteiger partial charge >= 0.3 is 0 Å². The molecule has 5 rings (SSSR count). The molecule has 2 fully saturated rings. The molecule has 0 amide bonds. The van der Waals surface area contributed by atoms with E-state index in [9.17, 15) is 0 Å². The van der Waals surface area contributed by atoms with Crippen molar-refractivity contribution >= 4 is 11.4 Å². The van der Waals surface area contributed by atoms with Crippen LogP contribution in [0, 0.1) is 0 Å². The Morgan fingerprint density at radius 3 is 1.55 bits per heavy atom. The van der Waals surface area contributed by atoms with Gasteiger partial charge in [0.1, 0.15) is 0 Å². The average molecular weight is 394 g/mol. The first-order chi connectivity index (χ1) is 14.3. The van der Waals surface area contributed by atoms with Crippen molar-refractivity contribution in [3.63, 3.8) is 0 Å². The molecule has 1 N–H and O–H groups in total. The Kier molecular flexibility index (Phi) is 5.81. The van der Waals surface area contributed by atoms with Crippen LogP contribution in [0.15, 0.2) is 36.4 Å². The molecule has 2 aromatic carbocycles. The van der Waals surface area contributed by atoms with Gasteiger partial charge in [-0.15, -0.1) is 0 Å². The largest absolute Gasteiger partial charge is 0.379 e. The summed E-state index contributed by atoms with van der Waals surface area (Å²) in [7, 11) is 0. The molecule has 154 valence electrons. The average Bonchev–Trinajstić information content (AvgIpc) is 2.94. The second kappa shape index (κ2) is 8.84. The van der Waals surface area contributed by atoms with E-state index in [1.165, 1.54) is 33.6 Å². The summed E-state index contributed by atoms with van der Waals surface area (Å²) in [6.45, 7) is 9.60. The SMILES string of the molecule is c1cc2c(cc1CN1CCOCC1)CCc1cc(CN3CCOCC3)ccc1N2. The van der Waals surface area contributed by atoms with E-state index in [4.69, 9.17) is 9.47 Å². The molecule has 5 nitrogen and oxygen atoms in total. The first-order valence-electron chi connectivity index (χ1n) is 10.9. The number of fused-ring (bicyclic) bond motifs is 2. The monoisotopic (exact) mass is 393 g/mol. The molecule has 29 heavy (non-hydrogen) atoms. The van der Waals surface area contributed by atoms with E-state index >= 15 is 0 Å². The van der Waals surface area contributed by atoms with Gasteiger partial charge in [0, 0.05) is 50.6 Å². The fraction of sp³-hybridized carbons (Fsp3) is 0.500. The molecular weight excluding hydrogens is 362 g/mol. The Labute approximate surface area is 173 Å². The van der Waals surface area contributed by atoms with Crippen molar-refractivity contribution < 1.29 is 9.47 Å². The molecule has 0 radical (unpaired) electrons. The van der Waals surface area contributed by atoms with Gasteiger partial charge in [-0.25, -0.2) is 0 Å². The summed E-state index contributed by atoms with van der Waals surface area (Å²) in [4.78, 5) is 4.98. The minimum absolute atomic E-state index is 0.856. The van der Waals surface area contributed by atoms with Crippen LogP contribution in [-0.4, -0.2) is 62.4 Å². The smallest absolute Gasteiger partial charge is 0.0594 e. The van der Waals surface area contributed by atoms with Crippen LogP contribution in [0.1, 0.15) is 22.3 Å². The normalized spacial score (nSPS) is 20.4. The van der Waals surface area contributed by atoms with Crippen molar-refractivity contribution in [1.82, 2.24) is 9.80 Å². The van der Waals surface area contributed by atoms with Crippen LogP contribution in [0.25, 0.3) is 0 Å². The van der Waals surface area contributed by atoms with Crippen molar-refractivity contribution in [1.29, 1.82) is 0 Å². The molecule has 2 saturated heterocycles. The fourth-order valence-corrected chi connectivity index (χ4v) is 4.60. The standard InChI is InChI=1S/C24H31N3O2/c1-5-23-21(15-19(1)17-26-7-11-28-12-8-26)3-4-22-16-20(2-6-24(22)25-23)18-27-9-13-29-14-10-27/h1-2,5-6,15-16,25H,3-4,7-14,17-18H2. The van der Waals surface area contributed by atoms with Crippen molar-refractivity contribution in [2.45, 2.75) is 25.9 Å². The maximum atomic E-state index is 5.48. The van der Waals surface area contributed by atoms with Crippen LogP contribution in [0.3, 0.4) is 0 Å². The Hall–Kier alpha value is -1.92. The zero-order valence-electron chi connectivity index (χ0n) is 17.2. The lowest BCUT2D eigenvalue weighted by molar-refractivity contribution is 0.0341. The number of anilines is 2. The van der Waals surface area contributed by atoms with E-state index < -0.39 is 0 Å². The summed E-state index contributed by atoms with van der Waals surface area (Å²) in [6, 6.07) is 13.9. The lowest BCUT2D eigenvalue weighted by atomic mass is 10.0. The predicted octanol–water partition coefficient (Wildman–Crippen LogP) is 3.19. The predicted molar refractivity (Wildman–Crippen MR) is 116 cm³/mol. The van der Waals surface area contributed by atoms with Crippen LogP contribution in [-0.2, 0) is 35.4 Å². The summed E-state index contributed by atoms with van der Waals surface area (Å²) in [6.07, 6.45) is 2.18. The van der Waals surface area contributed by atoms with E-state index in [-0.39, 0.29) is 0 Å². The molecule has 3 heterocycles. The lowest BCUT2D eigenvalue weighted by Crippen LogP contribution is -2.35. The van der Waals surface area contributed by atoms with Gasteiger partial charge < -0.3 is 14.8 Å². The Morgan fingerprint density at radius 1 is 0.655 bits per heavy atom. The van der Waals surface area contributed by atoms with Gasteiger partial charge in [-0.05, 0) is 47.2 Å². The van der Waals surface area contributed by atoms with Crippen LogP contribution in [0.4, 0.5) is 11.4 Å². The molecule has 3 aliphatic rings. The van der Waals surface area contributed by atoms with Gasteiger partial charge in [-0.2, -0.15) is 0 Å². The first kappa shape index (κ1) is 19.1. The van der Waals surface area contributed by atoms with E-state index in [2.05, 4.69) is 51.5 Å². The molecule has 0 atom stereocenters. The minimum atomic E-state index is 0.856. The lowest BCUT2D eigenvalue weighted by Gasteiger charge is -2.27. The van der Waals surface area contributed by atoms with Crippen molar-refractivity contribution in [2.24, 2.45) is 0 Å².